The van der Waals surface area contributed by atoms with Crippen molar-refractivity contribution < 1.29 is 9.53 Å². The van der Waals surface area contributed by atoms with Crippen LogP contribution in [0.4, 0.5) is 5.69 Å². The molecule has 130 valence electrons. The fourth-order valence-corrected chi connectivity index (χ4v) is 2.49. The van der Waals surface area contributed by atoms with E-state index in [1.165, 1.54) is 11.6 Å². The van der Waals surface area contributed by atoms with Gasteiger partial charge in [-0.25, -0.2) is 0 Å². The number of benzene rings is 3. The van der Waals surface area contributed by atoms with Crippen molar-refractivity contribution in [3.8, 4) is 5.75 Å². The topological polar surface area (TPSA) is 38.3 Å². The first-order chi connectivity index (χ1) is 12.8. The van der Waals surface area contributed by atoms with Crippen LogP contribution < -0.4 is 10.1 Å². The van der Waals surface area contributed by atoms with Crippen molar-refractivity contribution in [2.24, 2.45) is 0 Å². The van der Waals surface area contributed by atoms with E-state index in [0.29, 0.717) is 6.61 Å². The van der Waals surface area contributed by atoms with E-state index in [2.05, 4.69) is 17.4 Å². The predicted octanol–water partition coefficient (Wildman–Crippen LogP) is 4.96. The summed E-state index contributed by atoms with van der Waals surface area (Å²) in [6.07, 6.45) is 4.18. The number of nitrogens with one attached hydrogen (secondary N) is 1. The molecular formula is C23H21NO2. The lowest BCUT2D eigenvalue weighted by atomic mass is 10.2. The van der Waals surface area contributed by atoms with Gasteiger partial charge in [0.1, 0.15) is 5.75 Å². The lowest BCUT2D eigenvalue weighted by Gasteiger charge is -2.08. The quantitative estimate of drug-likeness (QED) is 0.616. The van der Waals surface area contributed by atoms with Crippen LogP contribution in [0.1, 0.15) is 11.1 Å². The zero-order valence-electron chi connectivity index (χ0n) is 14.5. The fourth-order valence-electron chi connectivity index (χ4n) is 2.49. The number of anilines is 1. The Hall–Kier alpha value is -3.33. The molecule has 0 atom stereocenters. The first-order valence-electron chi connectivity index (χ1n) is 8.60. The minimum atomic E-state index is -0.161. The lowest BCUT2D eigenvalue weighted by Crippen LogP contribution is -2.07. The standard InChI is InChI=1S/C23H21NO2/c25-23(16-11-19-7-3-1-4-8-19)24-21-12-14-22(15-13-21)26-18-17-20-9-5-2-6-10-20/h1-16H,17-18H2,(H,24,25)/b16-11+. The normalized spacial score (nSPS) is 10.6. The molecule has 3 aromatic rings. The monoisotopic (exact) mass is 343 g/mol. The Kier molecular flexibility index (Phi) is 6.21. The van der Waals surface area contributed by atoms with Gasteiger partial charge in [-0.1, -0.05) is 60.7 Å². The summed E-state index contributed by atoms with van der Waals surface area (Å²) < 4.78 is 5.75. The molecule has 0 spiro atoms. The van der Waals surface area contributed by atoms with Crippen LogP contribution in [0.25, 0.3) is 6.08 Å². The summed E-state index contributed by atoms with van der Waals surface area (Å²) in [6, 6.07) is 27.4. The Bertz CT molecular complexity index is 840. The number of rotatable bonds is 7. The van der Waals surface area contributed by atoms with Crippen LogP contribution in [0.15, 0.2) is 91.0 Å². The van der Waals surface area contributed by atoms with Crippen LogP contribution in [0.5, 0.6) is 5.75 Å². The average Bonchev–Trinajstić information content (AvgIpc) is 2.69. The molecule has 0 unspecified atom stereocenters. The summed E-state index contributed by atoms with van der Waals surface area (Å²) >= 11 is 0. The minimum absolute atomic E-state index is 0.161. The second kappa shape index (κ2) is 9.23. The Balaban J connectivity index is 1.46. The highest BCUT2D eigenvalue weighted by Gasteiger charge is 2.00. The van der Waals surface area contributed by atoms with Crippen LogP contribution in [-0.2, 0) is 11.2 Å². The van der Waals surface area contributed by atoms with Gasteiger partial charge in [0.25, 0.3) is 0 Å². The van der Waals surface area contributed by atoms with E-state index in [-0.39, 0.29) is 5.91 Å². The Morgan fingerprint density at radius 1 is 0.846 bits per heavy atom. The highest BCUT2D eigenvalue weighted by atomic mass is 16.5. The zero-order valence-corrected chi connectivity index (χ0v) is 14.5. The maximum Gasteiger partial charge on any atom is 0.248 e. The molecule has 0 radical (unpaired) electrons. The Labute approximate surface area is 154 Å². The third-order valence-corrected chi connectivity index (χ3v) is 3.85. The molecule has 3 heteroatoms. The van der Waals surface area contributed by atoms with Crippen LogP contribution in [-0.4, -0.2) is 12.5 Å². The minimum Gasteiger partial charge on any atom is -0.493 e. The molecule has 1 amide bonds. The van der Waals surface area contributed by atoms with Gasteiger partial charge >= 0.3 is 0 Å². The lowest BCUT2D eigenvalue weighted by molar-refractivity contribution is -0.111. The molecular weight excluding hydrogens is 322 g/mol. The predicted molar refractivity (Wildman–Crippen MR) is 106 cm³/mol. The third-order valence-electron chi connectivity index (χ3n) is 3.85. The molecule has 3 rings (SSSR count). The first kappa shape index (κ1) is 17.5. The molecule has 1 N–H and O–H groups in total. The van der Waals surface area contributed by atoms with E-state index in [1.54, 1.807) is 6.08 Å². The summed E-state index contributed by atoms with van der Waals surface area (Å²) in [5.74, 6) is 0.630. The molecule has 0 aliphatic rings. The molecule has 0 aliphatic carbocycles. The Morgan fingerprint density at radius 2 is 1.50 bits per heavy atom. The van der Waals surface area contributed by atoms with E-state index in [4.69, 9.17) is 4.74 Å². The van der Waals surface area contributed by atoms with E-state index in [9.17, 15) is 4.79 Å². The van der Waals surface area contributed by atoms with Gasteiger partial charge < -0.3 is 10.1 Å². The van der Waals surface area contributed by atoms with Crippen molar-refractivity contribution in [2.45, 2.75) is 6.42 Å². The van der Waals surface area contributed by atoms with Gasteiger partial charge in [-0.15, -0.1) is 0 Å². The molecule has 26 heavy (non-hydrogen) atoms. The maximum atomic E-state index is 12.0. The van der Waals surface area contributed by atoms with Crippen molar-refractivity contribution >= 4 is 17.7 Å². The van der Waals surface area contributed by atoms with E-state index in [1.807, 2.05) is 72.8 Å². The zero-order chi connectivity index (χ0) is 18.0. The second-order valence-electron chi connectivity index (χ2n) is 5.84. The first-order valence-corrected chi connectivity index (χ1v) is 8.60. The second-order valence-corrected chi connectivity index (χ2v) is 5.84. The van der Waals surface area contributed by atoms with Crippen molar-refractivity contribution in [1.29, 1.82) is 0 Å². The smallest absolute Gasteiger partial charge is 0.248 e. The van der Waals surface area contributed by atoms with Gasteiger partial charge in [-0.2, -0.15) is 0 Å². The SMILES string of the molecule is O=C(/C=C/c1ccccc1)Nc1ccc(OCCc2ccccc2)cc1. The van der Waals surface area contributed by atoms with Crippen molar-refractivity contribution in [2.75, 3.05) is 11.9 Å². The van der Waals surface area contributed by atoms with E-state index < -0.39 is 0 Å². The summed E-state index contributed by atoms with van der Waals surface area (Å²) in [7, 11) is 0. The van der Waals surface area contributed by atoms with Crippen LogP contribution >= 0.6 is 0 Å². The molecule has 0 fully saturated rings. The van der Waals surface area contributed by atoms with Crippen LogP contribution in [0, 0.1) is 0 Å². The average molecular weight is 343 g/mol. The number of hydrogen-bond acceptors (Lipinski definition) is 2. The van der Waals surface area contributed by atoms with E-state index >= 15 is 0 Å². The van der Waals surface area contributed by atoms with Gasteiger partial charge in [0.15, 0.2) is 0 Å². The van der Waals surface area contributed by atoms with Crippen LogP contribution in [0.3, 0.4) is 0 Å². The van der Waals surface area contributed by atoms with Crippen molar-refractivity contribution in [1.82, 2.24) is 0 Å². The number of hydrogen-bond donors (Lipinski definition) is 1. The largest absolute Gasteiger partial charge is 0.493 e. The molecule has 3 aromatic carbocycles. The van der Waals surface area contributed by atoms with Crippen LogP contribution in [0.2, 0.25) is 0 Å². The molecule has 3 nitrogen and oxygen atoms in total. The van der Waals surface area contributed by atoms with Crippen molar-refractivity contribution in [3.05, 3.63) is 102 Å². The highest BCUT2D eigenvalue weighted by Crippen LogP contribution is 2.16. The van der Waals surface area contributed by atoms with Gasteiger partial charge in [0, 0.05) is 18.2 Å². The number of amides is 1. The molecule has 0 heterocycles. The highest BCUT2D eigenvalue weighted by molar-refractivity contribution is 6.01. The van der Waals surface area contributed by atoms with Gasteiger partial charge in [0.2, 0.25) is 5.91 Å². The summed E-state index contributed by atoms with van der Waals surface area (Å²) in [5.41, 5.74) is 2.98. The number of ether oxygens (including phenoxy) is 1. The van der Waals surface area contributed by atoms with Crippen molar-refractivity contribution in [3.63, 3.8) is 0 Å². The Morgan fingerprint density at radius 3 is 2.19 bits per heavy atom. The molecule has 0 saturated heterocycles. The molecule has 0 aliphatic heterocycles. The van der Waals surface area contributed by atoms with E-state index in [0.717, 1.165) is 23.4 Å². The number of carbonyl (C=O) groups excluding carboxylic acids is 1. The molecule has 0 bridgehead atoms. The maximum absolute atomic E-state index is 12.0. The fraction of sp³-hybridized carbons (Fsp3) is 0.0870. The summed E-state index contributed by atoms with van der Waals surface area (Å²) in [4.78, 5) is 12.0. The third kappa shape index (κ3) is 5.64. The summed E-state index contributed by atoms with van der Waals surface area (Å²) in [5, 5.41) is 2.84. The van der Waals surface area contributed by atoms with Gasteiger partial charge in [0.05, 0.1) is 6.61 Å². The number of carbonyl (C=O) groups is 1. The summed E-state index contributed by atoms with van der Waals surface area (Å²) in [6.45, 7) is 0.621. The molecule has 0 saturated carbocycles. The van der Waals surface area contributed by atoms with Gasteiger partial charge in [-0.3, -0.25) is 4.79 Å². The molecule has 0 aromatic heterocycles. The van der Waals surface area contributed by atoms with Gasteiger partial charge in [-0.05, 0) is 41.5 Å².